The summed E-state index contributed by atoms with van der Waals surface area (Å²) in [7, 11) is 0. The summed E-state index contributed by atoms with van der Waals surface area (Å²) < 4.78 is 0. The van der Waals surface area contributed by atoms with E-state index in [1.165, 1.54) is 32.1 Å². The molecule has 0 saturated heterocycles. The molecule has 0 saturated carbocycles. The van der Waals surface area contributed by atoms with Gasteiger partial charge in [-0.2, -0.15) is 0 Å². The molecule has 0 aromatic rings. The lowest BCUT2D eigenvalue weighted by Gasteiger charge is -1.97. The molecule has 0 aliphatic heterocycles. The van der Waals surface area contributed by atoms with E-state index in [1.807, 2.05) is 0 Å². The quantitative estimate of drug-likeness (QED) is 0.340. The van der Waals surface area contributed by atoms with Crippen LogP contribution in [0, 0.1) is 0 Å². The van der Waals surface area contributed by atoms with Crippen LogP contribution in [-0.4, -0.2) is 11.9 Å². The second-order valence-corrected chi connectivity index (χ2v) is 2.60. The first kappa shape index (κ1) is 9.92. The minimum Gasteiger partial charge on any atom is -0.252 e. The Morgan fingerprint density at radius 2 is 1.60 bits per heavy atom. The molecule has 0 rings (SSSR count). The van der Waals surface area contributed by atoms with Gasteiger partial charge in [-0.3, -0.25) is 5.26 Å². The van der Waals surface area contributed by atoms with E-state index in [4.69, 9.17) is 5.26 Å². The van der Waals surface area contributed by atoms with Crippen LogP contribution in [0.3, 0.4) is 0 Å². The summed E-state index contributed by atoms with van der Waals surface area (Å²) in [5, 5.41) is 7.97. The van der Waals surface area contributed by atoms with E-state index < -0.39 is 0 Å². The maximum absolute atomic E-state index is 7.97. The van der Waals surface area contributed by atoms with Crippen LogP contribution in [0.25, 0.3) is 0 Å². The normalized spacial score (nSPS) is 10.2. The second kappa shape index (κ2) is 8.92. The summed E-state index contributed by atoms with van der Waals surface area (Å²) >= 11 is 0. The summed E-state index contributed by atoms with van der Waals surface area (Å²) in [6.07, 6.45) is 7.39. The van der Waals surface area contributed by atoms with E-state index in [0.29, 0.717) is 6.61 Å². The Kier molecular flexibility index (Phi) is 8.85. The molecule has 2 heteroatoms. The van der Waals surface area contributed by atoms with Crippen molar-refractivity contribution in [2.24, 2.45) is 0 Å². The first-order chi connectivity index (χ1) is 4.91. The molecule has 0 aromatic heterocycles. The highest BCUT2D eigenvalue weighted by atomic mass is 17.1. The molecule has 0 spiro atoms. The van der Waals surface area contributed by atoms with Gasteiger partial charge in [-0.25, -0.2) is 4.89 Å². The zero-order chi connectivity index (χ0) is 7.66. The number of hydrogen-bond donors (Lipinski definition) is 1. The van der Waals surface area contributed by atoms with Crippen molar-refractivity contribution >= 4 is 0 Å². The molecule has 0 aromatic carbocycles. The van der Waals surface area contributed by atoms with Crippen LogP contribution in [0.5, 0.6) is 0 Å². The number of rotatable bonds is 7. The van der Waals surface area contributed by atoms with Gasteiger partial charge >= 0.3 is 0 Å². The lowest BCUT2D eigenvalue weighted by Crippen LogP contribution is -1.88. The Morgan fingerprint density at radius 3 is 2.20 bits per heavy atom. The van der Waals surface area contributed by atoms with Crippen molar-refractivity contribution < 1.29 is 10.1 Å². The SMILES string of the molecule is CCCCCCCCOO. The third kappa shape index (κ3) is 7.92. The molecule has 10 heavy (non-hydrogen) atoms. The van der Waals surface area contributed by atoms with Gasteiger partial charge in [0, 0.05) is 0 Å². The number of unbranched alkanes of at least 4 members (excludes halogenated alkanes) is 5. The van der Waals surface area contributed by atoms with Crippen LogP contribution in [0.2, 0.25) is 0 Å². The summed E-state index contributed by atoms with van der Waals surface area (Å²) in [6, 6.07) is 0. The van der Waals surface area contributed by atoms with Crippen molar-refractivity contribution in [3.05, 3.63) is 0 Å². The molecule has 0 heterocycles. The molecule has 0 unspecified atom stereocenters. The first-order valence-electron chi connectivity index (χ1n) is 4.18. The van der Waals surface area contributed by atoms with Gasteiger partial charge in [0.2, 0.25) is 0 Å². The highest BCUT2D eigenvalue weighted by molar-refractivity contribution is 4.41. The molecule has 0 atom stereocenters. The predicted molar refractivity (Wildman–Crippen MR) is 42.0 cm³/mol. The minimum absolute atomic E-state index is 0.492. The van der Waals surface area contributed by atoms with Gasteiger partial charge in [0.15, 0.2) is 0 Å². The van der Waals surface area contributed by atoms with Gasteiger partial charge in [-0.1, -0.05) is 39.0 Å². The van der Waals surface area contributed by atoms with Crippen molar-refractivity contribution in [3.63, 3.8) is 0 Å². The van der Waals surface area contributed by atoms with Crippen molar-refractivity contribution in [2.75, 3.05) is 6.61 Å². The number of hydrogen-bond acceptors (Lipinski definition) is 2. The van der Waals surface area contributed by atoms with Crippen LogP contribution >= 0.6 is 0 Å². The molecule has 62 valence electrons. The molecule has 0 bridgehead atoms. The van der Waals surface area contributed by atoms with E-state index in [9.17, 15) is 0 Å². The van der Waals surface area contributed by atoms with E-state index in [0.717, 1.165) is 6.42 Å². The lowest BCUT2D eigenvalue weighted by molar-refractivity contribution is -0.242. The highest BCUT2D eigenvalue weighted by Gasteiger charge is 1.88. The Balaban J connectivity index is 2.65. The molecule has 0 radical (unpaired) electrons. The second-order valence-electron chi connectivity index (χ2n) is 2.60. The summed E-state index contributed by atoms with van der Waals surface area (Å²) in [5.41, 5.74) is 0. The molecule has 0 aliphatic carbocycles. The topological polar surface area (TPSA) is 29.5 Å². The van der Waals surface area contributed by atoms with Crippen molar-refractivity contribution in [2.45, 2.75) is 45.4 Å². The van der Waals surface area contributed by atoms with Crippen LogP contribution in [0.1, 0.15) is 45.4 Å². The van der Waals surface area contributed by atoms with Crippen LogP contribution in [-0.2, 0) is 4.89 Å². The smallest absolute Gasteiger partial charge is 0.0819 e. The molecule has 2 nitrogen and oxygen atoms in total. The van der Waals surface area contributed by atoms with Crippen molar-refractivity contribution in [3.8, 4) is 0 Å². The molecule has 1 N–H and O–H groups in total. The third-order valence-electron chi connectivity index (χ3n) is 1.59. The summed E-state index contributed by atoms with van der Waals surface area (Å²) in [4.78, 5) is 3.95. The van der Waals surface area contributed by atoms with Crippen LogP contribution in [0.15, 0.2) is 0 Å². The first-order valence-corrected chi connectivity index (χ1v) is 4.18. The van der Waals surface area contributed by atoms with Gasteiger partial charge in [0.05, 0.1) is 6.61 Å². The Morgan fingerprint density at radius 1 is 1.00 bits per heavy atom. The summed E-state index contributed by atoms with van der Waals surface area (Å²) in [6.45, 7) is 2.70. The lowest BCUT2D eigenvalue weighted by atomic mass is 10.1. The zero-order valence-electron chi connectivity index (χ0n) is 6.81. The van der Waals surface area contributed by atoms with Gasteiger partial charge in [-0.15, -0.1) is 0 Å². The maximum atomic E-state index is 7.97. The fraction of sp³-hybridized carbons (Fsp3) is 1.00. The monoisotopic (exact) mass is 146 g/mol. The van der Waals surface area contributed by atoms with Crippen LogP contribution < -0.4 is 0 Å². The van der Waals surface area contributed by atoms with Crippen molar-refractivity contribution in [1.82, 2.24) is 0 Å². The molecule has 0 amide bonds. The molecular formula is C8H18O2. The predicted octanol–water partition coefficient (Wildman–Crippen LogP) is 2.84. The minimum atomic E-state index is 0.492. The highest BCUT2D eigenvalue weighted by Crippen LogP contribution is 2.04. The van der Waals surface area contributed by atoms with Gasteiger partial charge in [0.1, 0.15) is 0 Å². The standard InChI is InChI=1S/C8H18O2/c1-2-3-4-5-6-7-8-10-9/h9H,2-8H2,1H3. The van der Waals surface area contributed by atoms with Crippen molar-refractivity contribution in [1.29, 1.82) is 0 Å². The average Bonchev–Trinajstić information content (AvgIpc) is 1.97. The van der Waals surface area contributed by atoms with E-state index >= 15 is 0 Å². The Hall–Kier alpha value is -0.0800. The van der Waals surface area contributed by atoms with Gasteiger partial charge in [-0.05, 0) is 6.42 Å². The Bertz CT molecular complexity index is 47.2. The van der Waals surface area contributed by atoms with Gasteiger partial charge in [0.25, 0.3) is 0 Å². The molecule has 0 aliphatic rings. The summed E-state index contributed by atoms with van der Waals surface area (Å²) in [5.74, 6) is 0. The molecular weight excluding hydrogens is 128 g/mol. The van der Waals surface area contributed by atoms with E-state index in [1.54, 1.807) is 0 Å². The molecule has 0 fully saturated rings. The fourth-order valence-corrected chi connectivity index (χ4v) is 0.947. The Labute approximate surface area is 63.1 Å². The van der Waals surface area contributed by atoms with E-state index in [-0.39, 0.29) is 0 Å². The maximum Gasteiger partial charge on any atom is 0.0819 e. The zero-order valence-corrected chi connectivity index (χ0v) is 6.81. The fourth-order valence-electron chi connectivity index (χ4n) is 0.947. The van der Waals surface area contributed by atoms with E-state index in [2.05, 4.69) is 11.8 Å². The van der Waals surface area contributed by atoms with Gasteiger partial charge < -0.3 is 0 Å². The van der Waals surface area contributed by atoms with Crippen LogP contribution in [0.4, 0.5) is 0 Å². The average molecular weight is 146 g/mol. The third-order valence-corrected chi connectivity index (χ3v) is 1.59. The largest absolute Gasteiger partial charge is 0.252 e.